The molecule has 0 unspecified atom stereocenters. The third kappa shape index (κ3) is 2.41. The molecule has 3 N–H and O–H groups in total. The molecule has 0 saturated heterocycles. The minimum absolute atomic E-state index is 0.142. The molecule has 0 fully saturated rings. The maximum Gasteiger partial charge on any atom is 0.248 e. The molecule has 3 aromatic rings. The first-order valence-corrected chi connectivity index (χ1v) is 7.04. The van der Waals surface area contributed by atoms with Crippen molar-refractivity contribution in [3.05, 3.63) is 60.3 Å². The van der Waals surface area contributed by atoms with Crippen LogP contribution in [0.15, 0.2) is 54.7 Å². The van der Waals surface area contributed by atoms with E-state index in [-0.39, 0.29) is 17.0 Å². The van der Waals surface area contributed by atoms with Crippen LogP contribution < -0.4 is 4.68 Å². The summed E-state index contributed by atoms with van der Waals surface area (Å²) in [5, 5.41) is 26.3. The highest BCUT2D eigenvalue weighted by atomic mass is 16.3. The number of aromatic nitrogens is 3. The minimum Gasteiger partial charge on any atom is -0.504 e. The Labute approximate surface area is 128 Å². The molecule has 1 aromatic heterocycles. The van der Waals surface area contributed by atoms with Crippen molar-refractivity contribution in [1.29, 1.82) is 0 Å². The molecule has 0 atom stereocenters. The van der Waals surface area contributed by atoms with Crippen molar-refractivity contribution >= 4 is 0 Å². The fraction of sp³-hybridized carbons (Fsp3) is 0.176. The monoisotopic (exact) mass is 296 g/mol. The van der Waals surface area contributed by atoms with E-state index in [1.54, 1.807) is 6.07 Å². The summed E-state index contributed by atoms with van der Waals surface area (Å²) in [6.07, 6.45) is 1.89. The van der Waals surface area contributed by atoms with Gasteiger partial charge in [0.2, 0.25) is 5.69 Å². The lowest BCUT2D eigenvalue weighted by Crippen LogP contribution is -2.54. The van der Waals surface area contributed by atoms with Crippen LogP contribution in [0.25, 0.3) is 11.3 Å². The van der Waals surface area contributed by atoms with Crippen LogP contribution in [0.3, 0.4) is 0 Å². The standard InChI is InChI=1S/C17H17N3O2/c1-17(2,13-6-4-3-5-7-13)20-11-14(18-19-20)12-8-9-15(21)16(22)10-12/h3-11H,1-2H3,(H2,18,19,21,22)/p+1. The third-order valence-electron chi connectivity index (χ3n) is 3.88. The van der Waals surface area contributed by atoms with Crippen LogP contribution in [-0.2, 0) is 5.54 Å². The highest BCUT2D eigenvalue weighted by Gasteiger charge is 2.30. The quantitative estimate of drug-likeness (QED) is 0.514. The molecule has 1 heterocycles. The van der Waals surface area contributed by atoms with Gasteiger partial charge in [-0.2, -0.15) is 4.68 Å². The van der Waals surface area contributed by atoms with Crippen molar-refractivity contribution in [3.8, 4) is 22.8 Å². The average molecular weight is 296 g/mol. The summed E-state index contributed by atoms with van der Waals surface area (Å²) in [6.45, 7) is 4.19. The number of phenolic OH excluding ortho intramolecular Hbond substituents is 2. The Kier molecular flexibility index (Phi) is 3.33. The first-order valence-electron chi connectivity index (χ1n) is 7.04. The molecular weight excluding hydrogens is 278 g/mol. The molecule has 0 spiro atoms. The predicted molar refractivity (Wildman–Crippen MR) is 82.4 cm³/mol. The zero-order valence-electron chi connectivity index (χ0n) is 12.5. The zero-order valence-corrected chi connectivity index (χ0v) is 12.5. The predicted octanol–water partition coefficient (Wildman–Crippen LogP) is 2.56. The van der Waals surface area contributed by atoms with Gasteiger partial charge < -0.3 is 10.2 Å². The fourth-order valence-electron chi connectivity index (χ4n) is 2.38. The van der Waals surface area contributed by atoms with Crippen LogP contribution in [0.2, 0.25) is 0 Å². The van der Waals surface area contributed by atoms with Gasteiger partial charge in [0.1, 0.15) is 5.54 Å². The number of H-pyrrole nitrogens is 1. The molecule has 0 aliphatic carbocycles. The lowest BCUT2D eigenvalue weighted by Gasteiger charge is -2.20. The second-order valence-corrected chi connectivity index (χ2v) is 5.72. The Morgan fingerprint density at radius 1 is 1.00 bits per heavy atom. The van der Waals surface area contributed by atoms with Crippen LogP contribution in [0.1, 0.15) is 19.4 Å². The number of rotatable bonds is 3. The maximum absolute atomic E-state index is 9.61. The SMILES string of the molecule is CC(C)(c1ccccc1)[n+]1cc(-c2ccc(O)c(O)c2)n[nH]1. The number of hydrogen-bond acceptors (Lipinski definition) is 3. The molecule has 5 heteroatoms. The molecular formula is C17H18N3O2+. The van der Waals surface area contributed by atoms with Gasteiger partial charge in [0.05, 0.1) is 0 Å². The van der Waals surface area contributed by atoms with E-state index in [9.17, 15) is 10.2 Å². The molecule has 112 valence electrons. The number of aromatic hydroxyl groups is 2. The van der Waals surface area contributed by atoms with Gasteiger partial charge in [-0.1, -0.05) is 35.5 Å². The summed E-state index contributed by atoms with van der Waals surface area (Å²) < 4.78 is 1.92. The topological polar surface area (TPSA) is 73.0 Å². The van der Waals surface area contributed by atoms with Crippen molar-refractivity contribution < 1.29 is 14.9 Å². The van der Waals surface area contributed by atoms with E-state index in [2.05, 4.69) is 36.3 Å². The van der Waals surface area contributed by atoms with E-state index >= 15 is 0 Å². The number of phenols is 2. The summed E-state index contributed by atoms with van der Waals surface area (Å²) in [6, 6.07) is 14.8. The summed E-state index contributed by atoms with van der Waals surface area (Å²) in [5.41, 5.74) is 2.29. The Hall–Kier alpha value is -2.82. The molecule has 0 amide bonds. The van der Waals surface area contributed by atoms with Gasteiger partial charge >= 0.3 is 0 Å². The summed E-state index contributed by atoms with van der Waals surface area (Å²) in [5.74, 6) is -0.300. The zero-order chi connectivity index (χ0) is 15.7. The van der Waals surface area contributed by atoms with Crippen LogP contribution >= 0.6 is 0 Å². The second-order valence-electron chi connectivity index (χ2n) is 5.72. The van der Waals surface area contributed by atoms with Crippen LogP contribution in [-0.4, -0.2) is 20.5 Å². The van der Waals surface area contributed by atoms with Crippen molar-refractivity contribution in [2.75, 3.05) is 0 Å². The Morgan fingerprint density at radius 2 is 1.73 bits per heavy atom. The number of nitrogens with zero attached hydrogens (tertiary/aromatic N) is 2. The summed E-state index contributed by atoms with van der Waals surface area (Å²) >= 11 is 0. The van der Waals surface area contributed by atoms with E-state index in [4.69, 9.17) is 0 Å². The third-order valence-corrected chi connectivity index (χ3v) is 3.88. The normalized spacial score (nSPS) is 11.5. The molecule has 0 saturated carbocycles. The summed E-state index contributed by atoms with van der Waals surface area (Å²) in [7, 11) is 0. The molecule has 3 rings (SSSR count). The largest absolute Gasteiger partial charge is 0.504 e. The van der Waals surface area contributed by atoms with Crippen LogP contribution in [0.5, 0.6) is 11.5 Å². The van der Waals surface area contributed by atoms with Gasteiger partial charge in [0.25, 0.3) is 0 Å². The highest BCUT2D eigenvalue weighted by molar-refractivity contribution is 5.61. The first kappa shape index (κ1) is 14.1. The van der Waals surface area contributed by atoms with Crippen LogP contribution in [0.4, 0.5) is 0 Å². The molecule has 0 radical (unpaired) electrons. The molecule has 22 heavy (non-hydrogen) atoms. The lowest BCUT2D eigenvalue weighted by molar-refractivity contribution is -0.799. The smallest absolute Gasteiger partial charge is 0.248 e. The molecule has 5 nitrogen and oxygen atoms in total. The van der Waals surface area contributed by atoms with Crippen molar-refractivity contribution in [2.24, 2.45) is 0 Å². The Balaban J connectivity index is 1.98. The van der Waals surface area contributed by atoms with E-state index in [0.717, 1.165) is 11.1 Å². The van der Waals surface area contributed by atoms with Crippen molar-refractivity contribution in [1.82, 2.24) is 10.3 Å². The average Bonchev–Trinajstić information content (AvgIpc) is 3.01. The number of hydrogen-bond donors (Lipinski definition) is 3. The van der Waals surface area contributed by atoms with Gasteiger partial charge in [-0.3, -0.25) is 0 Å². The highest BCUT2D eigenvalue weighted by Crippen LogP contribution is 2.29. The molecule has 0 aliphatic rings. The van der Waals surface area contributed by atoms with Gasteiger partial charge in [-0.15, -0.1) is 0 Å². The number of benzene rings is 2. The van der Waals surface area contributed by atoms with E-state index in [1.807, 2.05) is 29.1 Å². The lowest BCUT2D eigenvalue weighted by atomic mass is 9.94. The Bertz CT molecular complexity index is 795. The van der Waals surface area contributed by atoms with Crippen molar-refractivity contribution in [3.63, 3.8) is 0 Å². The maximum atomic E-state index is 9.61. The molecule has 0 aliphatic heterocycles. The number of aromatic amines is 1. The van der Waals surface area contributed by atoms with Crippen molar-refractivity contribution in [2.45, 2.75) is 19.4 Å². The molecule has 0 bridgehead atoms. The fourth-order valence-corrected chi connectivity index (χ4v) is 2.38. The van der Waals surface area contributed by atoms with E-state index in [1.165, 1.54) is 12.1 Å². The van der Waals surface area contributed by atoms with Gasteiger partial charge in [-0.25, -0.2) is 0 Å². The minimum atomic E-state index is -0.286. The Morgan fingerprint density at radius 3 is 2.41 bits per heavy atom. The van der Waals surface area contributed by atoms with Crippen LogP contribution in [0, 0.1) is 0 Å². The number of nitrogens with one attached hydrogen (secondary N) is 1. The van der Waals surface area contributed by atoms with E-state index < -0.39 is 0 Å². The second kappa shape index (κ2) is 5.18. The summed E-state index contributed by atoms with van der Waals surface area (Å²) in [4.78, 5) is 0. The first-order chi connectivity index (χ1) is 10.5. The van der Waals surface area contributed by atoms with Gasteiger partial charge in [-0.05, 0) is 32.0 Å². The van der Waals surface area contributed by atoms with Gasteiger partial charge in [0.15, 0.2) is 17.7 Å². The molecule has 2 aromatic carbocycles. The van der Waals surface area contributed by atoms with Gasteiger partial charge in [0, 0.05) is 16.2 Å². The van der Waals surface area contributed by atoms with E-state index in [0.29, 0.717) is 5.69 Å².